The minimum atomic E-state index is -0.987. The molecule has 0 radical (unpaired) electrons. The van der Waals surface area contributed by atoms with Gasteiger partial charge in [0.2, 0.25) is 0 Å². The Kier molecular flexibility index (Phi) is 4.34. The van der Waals surface area contributed by atoms with Crippen molar-refractivity contribution in [2.75, 3.05) is 7.11 Å². The molecule has 1 unspecified atom stereocenters. The number of benzene rings is 1. The lowest BCUT2D eigenvalue weighted by molar-refractivity contribution is 0.203. The van der Waals surface area contributed by atoms with Crippen LogP contribution in [0.1, 0.15) is 24.3 Å². The number of ether oxygens (including phenoxy) is 1. The Balaban J connectivity index is 2.55. The fraction of sp³-hybridized carbons (Fsp3) is 0.308. The lowest BCUT2D eigenvalue weighted by Gasteiger charge is -2.17. The van der Waals surface area contributed by atoms with Gasteiger partial charge in [-0.1, -0.05) is 29.3 Å². The molecular weight excluding hydrogens is 287 g/mol. The van der Waals surface area contributed by atoms with Crippen molar-refractivity contribution >= 4 is 23.2 Å². The highest BCUT2D eigenvalue weighted by Crippen LogP contribution is 2.37. The average Bonchev–Trinajstić information content (AvgIpc) is 2.78. The molecule has 0 saturated carbocycles. The van der Waals surface area contributed by atoms with E-state index in [0.29, 0.717) is 33.6 Å². The molecule has 1 aromatic heterocycles. The molecule has 2 aromatic rings. The molecule has 102 valence electrons. The molecule has 0 aliphatic carbocycles. The number of nitrogens with zero attached hydrogens (tertiary/aromatic N) is 2. The van der Waals surface area contributed by atoms with Crippen LogP contribution in [0.15, 0.2) is 24.4 Å². The number of methoxy groups -OCH3 is 1. The first-order chi connectivity index (χ1) is 9.10. The van der Waals surface area contributed by atoms with E-state index >= 15 is 0 Å². The number of rotatable bonds is 4. The molecule has 0 aliphatic rings. The van der Waals surface area contributed by atoms with Gasteiger partial charge in [-0.05, 0) is 19.1 Å². The highest BCUT2D eigenvalue weighted by Gasteiger charge is 2.24. The van der Waals surface area contributed by atoms with E-state index in [2.05, 4.69) is 5.10 Å². The van der Waals surface area contributed by atoms with E-state index in [-0.39, 0.29) is 0 Å². The molecule has 0 saturated heterocycles. The first-order valence-corrected chi connectivity index (χ1v) is 6.57. The van der Waals surface area contributed by atoms with Gasteiger partial charge < -0.3 is 9.84 Å². The third-order valence-corrected chi connectivity index (χ3v) is 3.52. The summed E-state index contributed by atoms with van der Waals surface area (Å²) in [4.78, 5) is 0. The standard InChI is InChI=1S/C13H14Cl2N2O2/c1-3-17-12(9(15)7-16-17)13(18)11-8(14)5-4-6-10(11)19-2/h4-7,13,18H,3H2,1-2H3. The number of aliphatic hydroxyl groups excluding tert-OH is 1. The van der Waals surface area contributed by atoms with Crippen LogP contribution in [0.3, 0.4) is 0 Å². The number of aliphatic hydroxyl groups is 1. The summed E-state index contributed by atoms with van der Waals surface area (Å²) in [6.45, 7) is 2.52. The molecular formula is C13H14Cl2N2O2. The van der Waals surface area contributed by atoms with Crippen LogP contribution in [-0.2, 0) is 6.54 Å². The van der Waals surface area contributed by atoms with Crippen LogP contribution >= 0.6 is 23.2 Å². The predicted molar refractivity (Wildman–Crippen MR) is 75.0 cm³/mol. The van der Waals surface area contributed by atoms with E-state index in [4.69, 9.17) is 27.9 Å². The quantitative estimate of drug-likeness (QED) is 0.942. The molecule has 0 spiro atoms. The molecule has 1 N–H and O–H groups in total. The molecule has 0 fully saturated rings. The first kappa shape index (κ1) is 14.2. The van der Waals surface area contributed by atoms with E-state index in [1.165, 1.54) is 13.3 Å². The van der Waals surface area contributed by atoms with E-state index in [0.717, 1.165) is 0 Å². The normalized spacial score (nSPS) is 12.5. The van der Waals surface area contributed by atoms with Crippen molar-refractivity contribution < 1.29 is 9.84 Å². The highest BCUT2D eigenvalue weighted by atomic mass is 35.5. The molecule has 2 rings (SSSR count). The zero-order valence-corrected chi connectivity index (χ0v) is 12.1. The average molecular weight is 301 g/mol. The van der Waals surface area contributed by atoms with E-state index in [1.807, 2.05) is 6.92 Å². The Morgan fingerprint density at radius 2 is 2.11 bits per heavy atom. The molecule has 0 aliphatic heterocycles. The molecule has 4 nitrogen and oxygen atoms in total. The van der Waals surface area contributed by atoms with Crippen LogP contribution in [0, 0.1) is 0 Å². The SMILES string of the molecule is CCn1ncc(Cl)c1C(O)c1c(Cl)cccc1OC. The van der Waals surface area contributed by atoms with Gasteiger partial charge >= 0.3 is 0 Å². The predicted octanol–water partition coefficient (Wildman–Crippen LogP) is 3.30. The van der Waals surface area contributed by atoms with Gasteiger partial charge in [-0.3, -0.25) is 4.68 Å². The smallest absolute Gasteiger partial charge is 0.127 e. The van der Waals surface area contributed by atoms with Gasteiger partial charge in [0, 0.05) is 12.1 Å². The second-order valence-corrected chi connectivity index (χ2v) is 4.77. The minimum Gasteiger partial charge on any atom is -0.496 e. The third kappa shape index (κ3) is 2.56. The largest absolute Gasteiger partial charge is 0.496 e. The fourth-order valence-electron chi connectivity index (χ4n) is 1.99. The van der Waals surface area contributed by atoms with Crippen LogP contribution < -0.4 is 4.74 Å². The topological polar surface area (TPSA) is 47.3 Å². The second-order valence-electron chi connectivity index (χ2n) is 3.95. The van der Waals surface area contributed by atoms with E-state index < -0.39 is 6.10 Å². The molecule has 0 amide bonds. The maximum atomic E-state index is 10.6. The summed E-state index contributed by atoms with van der Waals surface area (Å²) in [5, 5.41) is 15.5. The summed E-state index contributed by atoms with van der Waals surface area (Å²) >= 11 is 12.2. The van der Waals surface area contributed by atoms with Crippen molar-refractivity contribution in [3.05, 3.63) is 45.7 Å². The molecule has 1 heterocycles. The van der Waals surface area contributed by atoms with Gasteiger partial charge in [0.1, 0.15) is 11.9 Å². The van der Waals surface area contributed by atoms with Crippen LogP contribution in [0.5, 0.6) is 5.75 Å². The third-order valence-electron chi connectivity index (χ3n) is 2.90. The van der Waals surface area contributed by atoms with E-state index in [1.54, 1.807) is 22.9 Å². The Morgan fingerprint density at radius 3 is 2.74 bits per heavy atom. The van der Waals surface area contributed by atoms with Crippen molar-refractivity contribution in [1.82, 2.24) is 9.78 Å². The van der Waals surface area contributed by atoms with Crippen LogP contribution in [0.2, 0.25) is 10.0 Å². The summed E-state index contributed by atoms with van der Waals surface area (Å²) in [6, 6.07) is 5.20. The summed E-state index contributed by atoms with van der Waals surface area (Å²) in [7, 11) is 1.53. The van der Waals surface area contributed by atoms with Gasteiger partial charge in [-0.2, -0.15) is 5.10 Å². The van der Waals surface area contributed by atoms with E-state index in [9.17, 15) is 5.11 Å². The zero-order chi connectivity index (χ0) is 14.0. The Labute approximate surface area is 121 Å². The second kappa shape index (κ2) is 5.82. The zero-order valence-electron chi connectivity index (χ0n) is 10.6. The van der Waals surface area contributed by atoms with Crippen LogP contribution in [0.4, 0.5) is 0 Å². The number of aromatic nitrogens is 2. The molecule has 6 heteroatoms. The van der Waals surface area contributed by atoms with Crippen LogP contribution in [-0.4, -0.2) is 22.0 Å². The minimum absolute atomic E-state index is 0.399. The van der Waals surface area contributed by atoms with Crippen molar-refractivity contribution in [2.24, 2.45) is 0 Å². The Hall–Kier alpha value is -1.23. The molecule has 0 bridgehead atoms. The van der Waals surface area contributed by atoms with Crippen molar-refractivity contribution in [3.63, 3.8) is 0 Å². The number of hydrogen-bond acceptors (Lipinski definition) is 3. The number of halogens is 2. The van der Waals surface area contributed by atoms with Crippen molar-refractivity contribution in [3.8, 4) is 5.75 Å². The number of aryl methyl sites for hydroxylation is 1. The van der Waals surface area contributed by atoms with Gasteiger partial charge in [-0.25, -0.2) is 0 Å². The van der Waals surface area contributed by atoms with Crippen molar-refractivity contribution in [2.45, 2.75) is 19.6 Å². The Bertz CT molecular complexity index is 584. The summed E-state index contributed by atoms with van der Waals surface area (Å²) in [5.41, 5.74) is 0.999. The van der Waals surface area contributed by atoms with Gasteiger partial charge in [-0.15, -0.1) is 0 Å². The maximum absolute atomic E-state index is 10.6. The van der Waals surface area contributed by atoms with Gasteiger partial charge in [0.15, 0.2) is 0 Å². The lowest BCUT2D eigenvalue weighted by atomic mass is 10.1. The maximum Gasteiger partial charge on any atom is 0.127 e. The number of hydrogen-bond donors (Lipinski definition) is 1. The first-order valence-electron chi connectivity index (χ1n) is 5.81. The lowest BCUT2D eigenvalue weighted by Crippen LogP contribution is -2.11. The van der Waals surface area contributed by atoms with Crippen molar-refractivity contribution in [1.29, 1.82) is 0 Å². The summed E-state index contributed by atoms with van der Waals surface area (Å²) in [5.74, 6) is 0.514. The fourth-order valence-corrected chi connectivity index (χ4v) is 2.51. The Morgan fingerprint density at radius 1 is 1.37 bits per heavy atom. The highest BCUT2D eigenvalue weighted by molar-refractivity contribution is 6.32. The summed E-state index contributed by atoms with van der Waals surface area (Å²) in [6.07, 6.45) is 0.519. The molecule has 1 atom stereocenters. The van der Waals surface area contributed by atoms with Gasteiger partial charge in [0.05, 0.1) is 29.0 Å². The monoisotopic (exact) mass is 300 g/mol. The molecule has 19 heavy (non-hydrogen) atoms. The molecule has 1 aromatic carbocycles. The van der Waals surface area contributed by atoms with Gasteiger partial charge in [0.25, 0.3) is 0 Å². The summed E-state index contributed by atoms with van der Waals surface area (Å²) < 4.78 is 6.88. The van der Waals surface area contributed by atoms with Crippen LogP contribution in [0.25, 0.3) is 0 Å².